The first-order chi connectivity index (χ1) is 15.0. The number of ether oxygens (including phenoxy) is 1. The van der Waals surface area contributed by atoms with Crippen LogP contribution in [0, 0.1) is 5.92 Å². The van der Waals surface area contributed by atoms with Crippen molar-refractivity contribution in [3.05, 3.63) is 63.6 Å². The number of anilines is 1. The van der Waals surface area contributed by atoms with Crippen molar-refractivity contribution in [2.24, 2.45) is 5.92 Å². The lowest BCUT2D eigenvalue weighted by atomic mass is 9.85. The first-order valence-electron chi connectivity index (χ1n) is 9.97. The van der Waals surface area contributed by atoms with Crippen LogP contribution in [0.5, 0.6) is 0 Å². The van der Waals surface area contributed by atoms with Gasteiger partial charge >= 0.3 is 12.1 Å². The molecule has 0 saturated heterocycles. The first kappa shape index (κ1) is 26.0. The topological polar surface area (TPSA) is 55.4 Å². The van der Waals surface area contributed by atoms with E-state index in [1.165, 1.54) is 37.4 Å². The lowest BCUT2D eigenvalue weighted by Crippen LogP contribution is -2.34. The van der Waals surface area contributed by atoms with Crippen LogP contribution in [0.3, 0.4) is 0 Å². The number of alkyl halides is 3. The van der Waals surface area contributed by atoms with Gasteiger partial charge in [0.1, 0.15) is 0 Å². The maximum Gasteiger partial charge on any atom is 0.392 e. The quantitative estimate of drug-likeness (QED) is 0.407. The Balaban J connectivity index is 2.38. The van der Waals surface area contributed by atoms with Crippen molar-refractivity contribution < 1.29 is 27.5 Å². The number of nitrogens with one attached hydrogen (secondary N) is 1. The first-order valence-corrected chi connectivity index (χ1v) is 10.7. The molecule has 2 aromatic rings. The van der Waals surface area contributed by atoms with Crippen LogP contribution < -0.4 is 5.32 Å². The largest absolute Gasteiger partial charge is 0.469 e. The Labute approximate surface area is 195 Å². The van der Waals surface area contributed by atoms with E-state index in [4.69, 9.17) is 27.9 Å². The number of benzene rings is 2. The number of hydrogen-bond donors (Lipinski definition) is 1. The SMILES string of the molecule is CCC(CC(=O)OC)c1ccc(Cl)c(NC(=O)C(c2ccc(Cl)cc2)C(C)C(F)(F)F)c1. The summed E-state index contributed by atoms with van der Waals surface area (Å²) in [5.74, 6) is -4.90. The zero-order valence-electron chi connectivity index (χ0n) is 17.8. The fourth-order valence-electron chi connectivity index (χ4n) is 3.41. The van der Waals surface area contributed by atoms with Crippen molar-refractivity contribution in [1.29, 1.82) is 0 Å². The summed E-state index contributed by atoms with van der Waals surface area (Å²) in [4.78, 5) is 24.7. The summed E-state index contributed by atoms with van der Waals surface area (Å²) in [6.07, 6.45) is -3.86. The molecule has 3 unspecified atom stereocenters. The van der Waals surface area contributed by atoms with Gasteiger partial charge in [0.05, 0.1) is 36.1 Å². The van der Waals surface area contributed by atoms with E-state index in [1.54, 1.807) is 12.1 Å². The zero-order valence-corrected chi connectivity index (χ0v) is 19.3. The van der Waals surface area contributed by atoms with Gasteiger partial charge in [0.2, 0.25) is 5.91 Å². The molecule has 2 rings (SSSR count). The lowest BCUT2D eigenvalue weighted by Gasteiger charge is -2.26. The molecule has 0 aliphatic rings. The van der Waals surface area contributed by atoms with E-state index in [0.29, 0.717) is 17.0 Å². The van der Waals surface area contributed by atoms with Crippen molar-refractivity contribution in [2.75, 3.05) is 12.4 Å². The molecule has 0 heterocycles. The molecule has 0 aliphatic heterocycles. The van der Waals surface area contributed by atoms with Crippen LogP contribution in [0.15, 0.2) is 42.5 Å². The highest BCUT2D eigenvalue weighted by Crippen LogP contribution is 2.39. The second-order valence-electron chi connectivity index (χ2n) is 7.47. The summed E-state index contributed by atoms with van der Waals surface area (Å²) >= 11 is 12.1. The van der Waals surface area contributed by atoms with Gasteiger partial charge in [-0.05, 0) is 47.7 Å². The van der Waals surface area contributed by atoms with Crippen LogP contribution in [-0.4, -0.2) is 25.2 Å². The van der Waals surface area contributed by atoms with Gasteiger partial charge in [-0.15, -0.1) is 0 Å². The maximum absolute atomic E-state index is 13.5. The number of carbonyl (C=O) groups is 2. The fourth-order valence-corrected chi connectivity index (χ4v) is 3.70. The molecule has 0 saturated carbocycles. The fraction of sp³-hybridized carbons (Fsp3) is 0.391. The van der Waals surface area contributed by atoms with E-state index >= 15 is 0 Å². The van der Waals surface area contributed by atoms with Crippen molar-refractivity contribution in [2.45, 2.75) is 44.7 Å². The van der Waals surface area contributed by atoms with Crippen molar-refractivity contribution in [1.82, 2.24) is 0 Å². The second-order valence-corrected chi connectivity index (χ2v) is 8.32. The third kappa shape index (κ3) is 6.62. The average molecular weight is 490 g/mol. The Morgan fingerprint density at radius 2 is 1.66 bits per heavy atom. The highest BCUT2D eigenvalue weighted by atomic mass is 35.5. The van der Waals surface area contributed by atoms with Crippen LogP contribution in [0.2, 0.25) is 10.0 Å². The molecule has 2 aromatic carbocycles. The molecule has 0 spiro atoms. The Hall–Kier alpha value is -2.25. The van der Waals surface area contributed by atoms with E-state index in [2.05, 4.69) is 5.32 Å². The van der Waals surface area contributed by atoms with Gasteiger partial charge in [0, 0.05) is 5.02 Å². The molecule has 1 N–H and O–H groups in total. The van der Waals surface area contributed by atoms with Gasteiger partial charge in [0.15, 0.2) is 0 Å². The van der Waals surface area contributed by atoms with Crippen LogP contribution in [-0.2, 0) is 14.3 Å². The van der Waals surface area contributed by atoms with E-state index in [-0.39, 0.29) is 34.6 Å². The summed E-state index contributed by atoms with van der Waals surface area (Å²) < 4.78 is 45.3. The summed E-state index contributed by atoms with van der Waals surface area (Å²) in [6, 6.07) is 10.5. The van der Waals surface area contributed by atoms with Crippen LogP contribution in [0.1, 0.15) is 49.7 Å². The van der Waals surface area contributed by atoms with E-state index in [9.17, 15) is 22.8 Å². The lowest BCUT2D eigenvalue weighted by molar-refractivity contribution is -0.178. The minimum atomic E-state index is -4.60. The third-order valence-corrected chi connectivity index (χ3v) is 5.96. The molecule has 0 aromatic heterocycles. The Morgan fingerprint density at radius 3 is 2.19 bits per heavy atom. The molecule has 3 atom stereocenters. The number of hydrogen-bond acceptors (Lipinski definition) is 3. The van der Waals surface area contributed by atoms with Crippen molar-refractivity contribution >= 4 is 40.8 Å². The Bertz CT molecular complexity index is 948. The van der Waals surface area contributed by atoms with Crippen molar-refractivity contribution in [3.8, 4) is 0 Å². The predicted molar refractivity (Wildman–Crippen MR) is 119 cm³/mol. The van der Waals surface area contributed by atoms with Crippen LogP contribution in [0.25, 0.3) is 0 Å². The van der Waals surface area contributed by atoms with Gasteiger partial charge in [-0.1, -0.05) is 55.2 Å². The average Bonchev–Trinajstić information content (AvgIpc) is 2.74. The molecule has 0 radical (unpaired) electrons. The summed E-state index contributed by atoms with van der Waals surface area (Å²) in [5.41, 5.74) is 1.07. The molecule has 0 fully saturated rings. The molecule has 0 bridgehead atoms. The molecule has 32 heavy (non-hydrogen) atoms. The number of methoxy groups -OCH3 is 1. The molecule has 174 valence electrons. The highest BCUT2D eigenvalue weighted by Gasteiger charge is 2.45. The minimum Gasteiger partial charge on any atom is -0.469 e. The molecular formula is C23H24Cl2F3NO3. The number of carbonyl (C=O) groups excluding carboxylic acids is 2. The number of halogens is 5. The molecular weight excluding hydrogens is 466 g/mol. The number of esters is 1. The predicted octanol–water partition coefficient (Wildman–Crippen LogP) is 6.97. The highest BCUT2D eigenvalue weighted by molar-refractivity contribution is 6.33. The zero-order chi connectivity index (χ0) is 24.1. The number of amides is 1. The van der Waals surface area contributed by atoms with Gasteiger partial charge in [-0.25, -0.2) is 0 Å². The maximum atomic E-state index is 13.5. The number of rotatable bonds is 8. The normalized spacial score (nSPS) is 14.4. The molecule has 4 nitrogen and oxygen atoms in total. The van der Waals surface area contributed by atoms with E-state index < -0.39 is 23.9 Å². The molecule has 0 aliphatic carbocycles. The van der Waals surface area contributed by atoms with E-state index in [0.717, 1.165) is 6.92 Å². The van der Waals surface area contributed by atoms with Crippen molar-refractivity contribution in [3.63, 3.8) is 0 Å². The Morgan fingerprint density at radius 1 is 1.06 bits per heavy atom. The molecule has 1 amide bonds. The van der Waals surface area contributed by atoms with Gasteiger partial charge in [-0.3, -0.25) is 9.59 Å². The third-order valence-electron chi connectivity index (χ3n) is 5.38. The smallest absolute Gasteiger partial charge is 0.392 e. The Kier molecular flexibility index (Phi) is 8.98. The van der Waals surface area contributed by atoms with Crippen LogP contribution in [0.4, 0.5) is 18.9 Å². The standard InChI is InChI=1S/C23H24Cl2F3NO3/c1-4-14(12-20(30)32-3)16-7-10-18(25)19(11-16)29-22(31)21(13(2)23(26,27)28)15-5-8-17(24)9-6-15/h5-11,13-14,21H,4,12H2,1-3H3,(H,29,31). The van der Waals surface area contributed by atoms with Gasteiger partial charge in [0.25, 0.3) is 0 Å². The molecule has 9 heteroatoms. The summed E-state index contributed by atoms with van der Waals surface area (Å²) in [7, 11) is 1.29. The second kappa shape index (κ2) is 11.1. The summed E-state index contributed by atoms with van der Waals surface area (Å²) in [6.45, 7) is 2.85. The minimum absolute atomic E-state index is 0.126. The van der Waals surface area contributed by atoms with Crippen LogP contribution >= 0.6 is 23.2 Å². The monoisotopic (exact) mass is 489 g/mol. The summed E-state index contributed by atoms with van der Waals surface area (Å²) in [5, 5.41) is 3.06. The van der Waals surface area contributed by atoms with E-state index in [1.807, 2.05) is 6.92 Å². The van der Waals surface area contributed by atoms with Gasteiger partial charge in [-0.2, -0.15) is 13.2 Å². The van der Waals surface area contributed by atoms with Gasteiger partial charge < -0.3 is 10.1 Å².